The monoisotopic (exact) mass is 270 g/mol. The molecule has 0 spiro atoms. The van der Waals surface area contributed by atoms with Crippen molar-refractivity contribution in [3.63, 3.8) is 0 Å². The van der Waals surface area contributed by atoms with E-state index in [9.17, 15) is 4.79 Å². The van der Waals surface area contributed by atoms with Crippen LogP contribution in [-0.2, 0) is 9.53 Å². The van der Waals surface area contributed by atoms with Crippen LogP contribution in [0.4, 0.5) is 0 Å². The zero-order valence-corrected chi connectivity index (χ0v) is 13.2. The fourth-order valence-electron chi connectivity index (χ4n) is 2.83. The molecule has 19 heavy (non-hydrogen) atoms. The molecular weight excluding hydrogens is 240 g/mol. The minimum atomic E-state index is -0.767. The molecule has 2 atom stereocenters. The van der Waals surface area contributed by atoms with Crippen molar-refractivity contribution < 1.29 is 9.53 Å². The number of nitrogens with zero attached hydrogens (tertiary/aromatic N) is 1. The number of amides is 1. The third kappa shape index (κ3) is 2.79. The molecule has 1 aliphatic rings. The molecule has 0 saturated heterocycles. The summed E-state index contributed by atoms with van der Waals surface area (Å²) in [6.07, 6.45) is 2.85. The van der Waals surface area contributed by atoms with E-state index >= 15 is 0 Å². The Labute approximate surface area is 117 Å². The Balaban J connectivity index is 2.75. The number of likely N-dealkylation sites (N-methyl/N-ethyl adjacent to an activating group) is 1. The predicted octanol–water partition coefficient (Wildman–Crippen LogP) is 2.17. The molecule has 0 aliphatic heterocycles. The molecule has 1 aliphatic carbocycles. The highest BCUT2D eigenvalue weighted by molar-refractivity contribution is 5.88. The number of hydrogen-bond acceptors (Lipinski definition) is 3. The molecule has 0 bridgehead atoms. The number of hydrogen-bond donors (Lipinski definition) is 1. The topological polar surface area (TPSA) is 55.6 Å². The largest absolute Gasteiger partial charge is 0.378 e. The molecule has 0 aromatic carbocycles. The molecule has 2 unspecified atom stereocenters. The minimum Gasteiger partial charge on any atom is -0.378 e. The van der Waals surface area contributed by atoms with Gasteiger partial charge in [-0.15, -0.1) is 0 Å². The summed E-state index contributed by atoms with van der Waals surface area (Å²) in [6.45, 7) is 12.4. The quantitative estimate of drug-likeness (QED) is 0.771. The van der Waals surface area contributed by atoms with Crippen LogP contribution >= 0.6 is 0 Å². The van der Waals surface area contributed by atoms with Gasteiger partial charge in [0.2, 0.25) is 5.91 Å². The van der Waals surface area contributed by atoms with Gasteiger partial charge in [-0.2, -0.15) is 0 Å². The zero-order chi connectivity index (χ0) is 14.7. The maximum atomic E-state index is 12.7. The Hall–Kier alpha value is -0.610. The Morgan fingerprint density at radius 3 is 2.42 bits per heavy atom. The first-order valence-electron chi connectivity index (χ1n) is 7.55. The Morgan fingerprint density at radius 1 is 1.37 bits per heavy atom. The summed E-state index contributed by atoms with van der Waals surface area (Å²) in [4.78, 5) is 14.6. The van der Waals surface area contributed by atoms with Gasteiger partial charge >= 0.3 is 0 Å². The van der Waals surface area contributed by atoms with E-state index in [4.69, 9.17) is 10.5 Å². The van der Waals surface area contributed by atoms with E-state index in [-0.39, 0.29) is 17.4 Å². The lowest BCUT2D eigenvalue weighted by atomic mass is 9.54. The van der Waals surface area contributed by atoms with E-state index in [1.54, 1.807) is 0 Å². The number of unbranched alkanes of at least 4 members (excludes halogenated alkanes) is 1. The minimum absolute atomic E-state index is 0.0874. The van der Waals surface area contributed by atoms with Gasteiger partial charge in [0.1, 0.15) is 5.54 Å². The third-order valence-corrected chi connectivity index (χ3v) is 4.66. The van der Waals surface area contributed by atoms with Gasteiger partial charge in [-0.25, -0.2) is 0 Å². The van der Waals surface area contributed by atoms with E-state index in [0.717, 1.165) is 25.9 Å². The highest BCUT2D eigenvalue weighted by Gasteiger charge is 2.63. The molecule has 1 rings (SSSR count). The molecule has 112 valence electrons. The van der Waals surface area contributed by atoms with Crippen LogP contribution in [0.15, 0.2) is 0 Å². The standard InChI is InChI=1S/C15H30N2O2/c1-6-9-10-17(7-2)13(18)15(16)11-12(19-8-3)14(15,4)5/h12H,6-11,16H2,1-5H3. The fraction of sp³-hybridized carbons (Fsp3) is 0.933. The van der Waals surface area contributed by atoms with Crippen molar-refractivity contribution in [2.75, 3.05) is 19.7 Å². The van der Waals surface area contributed by atoms with Crippen molar-refractivity contribution >= 4 is 5.91 Å². The molecule has 1 saturated carbocycles. The van der Waals surface area contributed by atoms with Gasteiger partial charge in [-0.3, -0.25) is 4.79 Å². The summed E-state index contributed by atoms with van der Waals surface area (Å²) in [6, 6.07) is 0. The Kier molecular flexibility index (Phi) is 5.39. The van der Waals surface area contributed by atoms with E-state index in [0.29, 0.717) is 13.0 Å². The Bertz CT molecular complexity index is 317. The molecular formula is C15H30N2O2. The average molecular weight is 270 g/mol. The van der Waals surface area contributed by atoms with Crippen molar-refractivity contribution in [1.82, 2.24) is 4.90 Å². The van der Waals surface area contributed by atoms with Gasteiger partial charge in [0.05, 0.1) is 6.10 Å². The van der Waals surface area contributed by atoms with Crippen molar-refractivity contribution in [3.8, 4) is 0 Å². The van der Waals surface area contributed by atoms with Crippen LogP contribution in [0.5, 0.6) is 0 Å². The van der Waals surface area contributed by atoms with E-state index in [2.05, 4.69) is 6.92 Å². The molecule has 0 heterocycles. The number of rotatable bonds is 7. The normalized spacial score (nSPS) is 28.8. The summed E-state index contributed by atoms with van der Waals surface area (Å²) < 4.78 is 5.68. The fourth-order valence-corrected chi connectivity index (χ4v) is 2.83. The van der Waals surface area contributed by atoms with Crippen LogP contribution < -0.4 is 5.73 Å². The molecule has 0 radical (unpaired) electrons. The number of carbonyl (C=O) groups excluding carboxylic acids is 1. The van der Waals surface area contributed by atoms with E-state index < -0.39 is 5.54 Å². The summed E-state index contributed by atoms with van der Waals surface area (Å²) in [7, 11) is 0. The third-order valence-electron chi connectivity index (χ3n) is 4.66. The maximum absolute atomic E-state index is 12.7. The summed E-state index contributed by atoms with van der Waals surface area (Å²) in [5.41, 5.74) is 5.36. The van der Waals surface area contributed by atoms with E-state index in [1.165, 1.54) is 0 Å². The molecule has 4 nitrogen and oxygen atoms in total. The lowest BCUT2D eigenvalue weighted by molar-refractivity contribution is -0.179. The van der Waals surface area contributed by atoms with Gasteiger partial charge in [-0.05, 0) is 20.3 Å². The molecule has 0 aromatic heterocycles. The summed E-state index contributed by atoms with van der Waals surface area (Å²) in [5, 5.41) is 0. The predicted molar refractivity (Wildman–Crippen MR) is 77.9 cm³/mol. The van der Waals surface area contributed by atoms with Crippen molar-refractivity contribution in [1.29, 1.82) is 0 Å². The first-order valence-corrected chi connectivity index (χ1v) is 7.55. The summed E-state index contributed by atoms with van der Waals surface area (Å²) in [5.74, 6) is 0.0874. The molecule has 1 fully saturated rings. The van der Waals surface area contributed by atoms with Gasteiger partial charge in [0.15, 0.2) is 0 Å². The van der Waals surface area contributed by atoms with Crippen molar-refractivity contribution in [3.05, 3.63) is 0 Å². The molecule has 1 amide bonds. The van der Waals surface area contributed by atoms with Gasteiger partial charge in [-0.1, -0.05) is 27.2 Å². The Morgan fingerprint density at radius 2 is 2.00 bits per heavy atom. The highest BCUT2D eigenvalue weighted by atomic mass is 16.5. The highest BCUT2D eigenvalue weighted by Crippen LogP contribution is 2.50. The van der Waals surface area contributed by atoms with Crippen LogP contribution in [0.1, 0.15) is 53.9 Å². The first-order chi connectivity index (χ1) is 8.85. The lowest BCUT2D eigenvalue weighted by Crippen LogP contribution is -2.76. The second kappa shape index (κ2) is 6.23. The van der Waals surface area contributed by atoms with Crippen molar-refractivity contribution in [2.24, 2.45) is 11.1 Å². The lowest BCUT2D eigenvalue weighted by Gasteiger charge is -2.58. The van der Waals surface area contributed by atoms with Crippen LogP contribution in [0.2, 0.25) is 0 Å². The molecule has 0 aromatic rings. The van der Waals surface area contributed by atoms with Gasteiger partial charge < -0.3 is 15.4 Å². The molecule has 2 N–H and O–H groups in total. The smallest absolute Gasteiger partial charge is 0.243 e. The van der Waals surface area contributed by atoms with E-state index in [1.807, 2.05) is 32.6 Å². The van der Waals surface area contributed by atoms with Crippen LogP contribution in [0, 0.1) is 5.41 Å². The van der Waals surface area contributed by atoms with Gasteiger partial charge in [0.25, 0.3) is 0 Å². The first kappa shape index (κ1) is 16.4. The van der Waals surface area contributed by atoms with Crippen LogP contribution in [0.25, 0.3) is 0 Å². The van der Waals surface area contributed by atoms with Crippen LogP contribution in [0.3, 0.4) is 0 Å². The van der Waals surface area contributed by atoms with Crippen molar-refractivity contribution in [2.45, 2.75) is 65.5 Å². The summed E-state index contributed by atoms with van der Waals surface area (Å²) >= 11 is 0. The second-order valence-corrected chi connectivity index (χ2v) is 6.08. The average Bonchev–Trinajstić information content (AvgIpc) is 2.38. The number of carbonyl (C=O) groups is 1. The van der Waals surface area contributed by atoms with Gasteiger partial charge in [0, 0.05) is 31.5 Å². The maximum Gasteiger partial charge on any atom is 0.243 e. The number of ether oxygens (including phenoxy) is 1. The van der Waals surface area contributed by atoms with Crippen LogP contribution in [-0.4, -0.2) is 42.1 Å². The zero-order valence-electron chi connectivity index (χ0n) is 13.2. The number of nitrogens with two attached hydrogens (primary N) is 1. The second-order valence-electron chi connectivity index (χ2n) is 6.08. The SMILES string of the molecule is CCCCN(CC)C(=O)C1(N)CC(OCC)C1(C)C. The molecule has 4 heteroatoms.